The standard InChI is InChI=1S/C21H19F4N5OS/c1-32(31)15-8-13(22)7-14(9-15)27-19-10-18(26-11-12-5-6-12)29-20(30-19)16-3-2-4-17(28-16)21(23,24)25/h2-4,7-10,12H,5-6,11H2,1H3,(H2,26,27,29,30). The molecule has 2 aromatic heterocycles. The van der Waals surface area contributed by atoms with Crippen molar-refractivity contribution in [3.05, 3.63) is 54.0 Å². The van der Waals surface area contributed by atoms with Crippen LogP contribution in [0.5, 0.6) is 0 Å². The van der Waals surface area contributed by atoms with Crippen molar-refractivity contribution in [2.75, 3.05) is 23.4 Å². The lowest BCUT2D eigenvalue weighted by molar-refractivity contribution is -0.141. The van der Waals surface area contributed by atoms with Gasteiger partial charge in [-0.15, -0.1) is 0 Å². The van der Waals surface area contributed by atoms with Crippen molar-refractivity contribution < 1.29 is 22.1 Å². The van der Waals surface area contributed by atoms with Crippen LogP contribution in [0.25, 0.3) is 11.5 Å². The van der Waals surface area contributed by atoms with E-state index < -0.39 is 28.9 Å². The molecule has 0 radical (unpaired) electrons. The molecule has 0 bridgehead atoms. The molecule has 0 aliphatic heterocycles. The number of alkyl halides is 3. The molecular weight excluding hydrogens is 446 g/mol. The Morgan fingerprint density at radius 2 is 1.81 bits per heavy atom. The Bertz CT molecular complexity index is 1120. The van der Waals surface area contributed by atoms with E-state index in [0.29, 0.717) is 24.0 Å². The molecule has 0 saturated heterocycles. The average Bonchev–Trinajstić information content (AvgIpc) is 3.56. The topological polar surface area (TPSA) is 85.8 Å². The number of nitrogens with one attached hydrogen (secondary N) is 2. The minimum absolute atomic E-state index is 0.0184. The highest BCUT2D eigenvalue weighted by Gasteiger charge is 2.32. The quantitative estimate of drug-likeness (QED) is 0.377. The molecular formula is C21H19F4N5OS. The average molecular weight is 465 g/mol. The molecule has 11 heteroatoms. The van der Waals surface area contributed by atoms with Crippen LogP contribution in [0.15, 0.2) is 47.4 Å². The van der Waals surface area contributed by atoms with Crippen molar-refractivity contribution >= 4 is 28.5 Å². The maximum absolute atomic E-state index is 14.0. The van der Waals surface area contributed by atoms with E-state index in [4.69, 9.17) is 0 Å². The van der Waals surface area contributed by atoms with Crippen molar-refractivity contribution in [3.8, 4) is 11.5 Å². The second-order valence-corrected chi connectivity index (χ2v) is 8.83. The molecule has 1 saturated carbocycles. The fourth-order valence-electron chi connectivity index (χ4n) is 2.95. The number of hydrogen-bond donors (Lipinski definition) is 2. The number of anilines is 3. The molecule has 3 aromatic rings. The van der Waals surface area contributed by atoms with Gasteiger partial charge in [-0.25, -0.2) is 19.3 Å². The number of rotatable bonds is 7. The minimum atomic E-state index is -4.60. The van der Waals surface area contributed by atoms with Crippen LogP contribution in [-0.4, -0.2) is 32.3 Å². The first-order valence-electron chi connectivity index (χ1n) is 9.76. The van der Waals surface area contributed by atoms with Crippen LogP contribution in [0.1, 0.15) is 18.5 Å². The smallest absolute Gasteiger partial charge is 0.433 e. The second kappa shape index (κ2) is 8.91. The molecule has 1 aliphatic rings. The predicted molar refractivity (Wildman–Crippen MR) is 113 cm³/mol. The van der Waals surface area contributed by atoms with E-state index in [1.54, 1.807) is 6.07 Å². The highest BCUT2D eigenvalue weighted by molar-refractivity contribution is 7.90. The molecule has 1 unspecified atom stereocenters. The molecule has 6 nitrogen and oxygen atoms in total. The van der Waals surface area contributed by atoms with Gasteiger partial charge in [0.25, 0.3) is 0 Å². The molecule has 168 valence electrons. The van der Waals surface area contributed by atoms with E-state index in [9.17, 15) is 22.1 Å². The van der Waals surface area contributed by atoms with Crippen LogP contribution in [-0.2, 0) is 17.4 Å². The summed E-state index contributed by atoms with van der Waals surface area (Å²) in [7, 11) is 0. The third kappa shape index (κ3) is 5.65. The van der Waals surface area contributed by atoms with Gasteiger partial charge in [-0.1, -0.05) is 6.07 Å². The molecule has 2 N–H and O–H groups in total. The molecule has 1 aromatic carbocycles. The first kappa shape index (κ1) is 22.3. The Balaban J connectivity index is 1.70. The largest absolute Gasteiger partial charge is 0.612 e. The zero-order chi connectivity index (χ0) is 22.9. The third-order valence-corrected chi connectivity index (χ3v) is 5.64. The Morgan fingerprint density at radius 1 is 1.06 bits per heavy atom. The number of benzene rings is 1. The fraction of sp³-hybridized carbons (Fsp3) is 0.286. The normalized spacial score (nSPS) is 14.8. The summed E-state index contributed by atoms with van der Waals surface area (Å²) in [6, 6.07) is 8.96. The highest BCUT2D eigenvalue weighted by atomic mass is 32.2. The molecule has 1 fully saturated rings. The summed E-state index contributed by atoms with van der Waals surface area (Å²) in [5.74, 6) is 0.559. The van der Waals surface area contributed by atoms with Crippen molar-refractivity contribution in [1.82, 2.24) is 15.0 Å². The summed E-state index contributed by atoms with van der Waals surface area (Å²) in [4.78, 5) is 12.5. The Labute approximate surface area is 184 Å². The fourth-order valence-corrected chi connectivity index (χ4v) is 3.52. The van der Waals surface area contributed by atoms with E-state index in [1.807, 2.05) is 0 Å². The lowest BCUT2D eigenvalue weighted by atomic mass is 10.2. The van der Waals surface area contributed by atoms with Crippen LogP contribution in [0.2, 0.25) is 0 Å². The van der Waals surface area contributed by atoms with Crippen LogP contribution in [0.4, 0.5) is 34.9 Å². The maximum Gasteiger partial charge on any atom is 0.433 e. The highest BCUT2D eigenvalue weighted by Crippen LogP contribution is 2.31. The Kier molecular flexibility index (Phi) is 6.20. The van der Waals surface area contributed by atoms with Gasteiger partial charge >= 0.3 is 6.18 Å². The monoisotopic (exact) mass is 465 g/mol. The second-order valence-electron chi connectivity index (χ2n) is 7.45. The van der Waals surface area contributed by atoms with Gasteiger partial charge in [0.15, 0.2) is 10.7 Å². The summed E-state index contributed by atoms with van der Waals surface area (Å²) in [6.07, 6.45) is -0.968. The number of hydrogen-bond acceptors (Lipinski definition) is 6. The van der Waals surface area contributed by atoms with Gasteiger partial charge < -0.3 is 15.2 Å². The van der Waals surface area contributed by atoms with Gasteiger partial charge in [0.1, 0.15) is 35.1 Å². The first-order valence-corrected chi connectivity index (χ1v) is 11.3. The SMILES string of the molecule is C[S+]([O-])c1cc(F)cc(Nc2cc(NCC3CC3)nc(-c3cccc(C(F)(F)F)n3)n2)c1. The van der Waals surface area contributed by atoms with Crippen LogP contribution >= 0.6 is 0 Å². The number of pyridine rings is 1. The summed E-state index contributed by atoms with van der Waals surface area (Å²) in [5, 5.41) is 6.09. The molecule has 1 aliphatic carbocycles. The number of nitrogens with zero attached hydrogens (tertiary/aromatic N) is 3. The van der Waals surface area contributed by atoms with Crippen LogP contribution in [0, 0.1) is 11.7 Å². The van der Waals surface area contributed by atoms with Crippen molar-refractivity contribution in [2.45, 2.75) is 23.9 Å². The summed E-state index contributed by atoms with van der Waals surface area (Å²) in [6.45, 7) is 0.671. The molecule has 4 rings (SSSR count). The van der Waals surface area contributed by atoms with Gasteiger partial charge in [-0.05, 0) is 48.1 Å². The summed E-state index contributed by atoms with van der Waals surface area (Å²) < 4.78 is 65.0. The third-order valence-electron chi connectivity index (χ3n) is 4.74. The van der Waals surface area contributed by atoms with Crippen molar-refractivity contribution in [3.63, 3.8) is 0 Å². The molecule has 32 heavy (non-hydrogen) atoms. The van der Waals surface area contributed by atoms with Crippen LogP contribution < -0.4 is 10.6 Å². The molecule has 0 amide bonds. The maximum atomic E-state index is 14.0. The van der Waals surface area contributed by atoms with Crippen LogP contribution in [0.3, 0.4) is 0 Å². The predicted octanol–water partition coefficient (Wildman–Crippen LogP) is 5.00. The van der Waals surface area contributed by atoms with Crippen molar-refractivity contribution in [2.24, 2.45) is 5.92 Å². The van der Waals surface area contributed by atoms with E-state index >= 15 is 0 Å². The van der Waals surface area contributed by atoms with E-state index in [-0.39, 0.29) is 22.2 Å². The molecule has 0 spiro atoms. The minimum Gasteiger partial charge on any atom is -0.612 e. The lowest BCUT2D eigenvalue weighted by Crippen LogP contribution is -2.10. The zero-order valence-electron chi connectivity index (χ0n) is 16.9. The molecule has 2 heterocycles. The lowest BCUT2D eigenvalue weighted by Gasteiger charge is -2.13. The Hall–Kier alpha value is -2.92. The first-order chi connectivity index (χ1) is 15.2. The van der Waals surface area contributed by atoms with Crippen molar-refractivity contribution in [1.29, 1.82) is 0 Å². The van der Waals surface area contributed by atoms with Gasteiger partial charge in [0, 0.05) is 30.4 Å². The van der Waals surface area contributed by atoms with E-state index in [1.165, 1.54) is 36.6 Å². The number of aromatic nitrogens is 3. The summed E-state index contributed by atoms with van der Waals surface area (Å²) in [5.41, 5.74) is -0.804. The van der Waals surface area contributed by atoms with E-state index in [0.717, 1.165) is 18.9 Å². The molecule has 1 atom stereocenters. The van der Waals surface area contributed by atoms with Gasteiger partial charge in [-0.2, -0.15) is 13.2 Å². The van der Waals surface area contributed by atoms with E-state index in [2.05, 4.69) is 25.6 Å². The summed E-state index contributed by atoms with van der Waals surface area (Å²) >= 11 is -1.40. The zero-order valence-corrected chi connectivity index (χ0v) is 17.7. The van der Waals surface area contributed by atoms with Gasteiger partial charge in [0.2, 0.25) is 0 Å². The Morgan fingerprint density at radius 3 is 2.50 bits per heavy atom. The van der Waals surface area contributed by atoms with Gasteiger partial charge in [0.05, 0.1) is 0 Å². The van der Waals surface area contributed by atoms with Gasteiger partial charge in [-0.3, -0.25) is 0 Å². The number of halogens is 4.